The van der Waals surface area contributed by atoms with Crippen LogP contribution >= 0.6 is 0 Å². The summed E-state index contributed by atoms with van der Waals surface area (Å²) in [7, 11) is 3.45. The van der Waals surface area contributed by atoms with E-state index in [0.717, 1.165) is 19.4 Å². The Balaban J connectivity index is 4.49. The van der Waals surface area contributed by atoms with Crippen molar-refractivity contribution in [2.75, 3.05) is 33.9 Å². The van der Waals surface area contributed by atoms with Crippen molar-refractivity contribution in [2.45, 2.75) is 38.8 Å². The van der Waals surface area contributed by atoms with E-state index >= 15 is 0 Å². The van der Waals surface area contributed by atoms with Crippen molar-refractivity contribution >= 4 is 5.91 Å². The molecule has 1 amide bonds. The smallest absolute Gasteiger partial charge is 0.235 e. The van der Waals surface area contributed by atoms with Gasteiger partial charge in [0, 0.05) is 26.2 Å². The van der Waals surface area contributed by atoms with Gasteiger partial charge < -0.3 is 15.8 Å². The summed E-state index contributed by atoms with van der Waals surface area (Å²) >= 11 is 0. The number of nitrogens with zero attached hydrogens (tertiary/aromatic N) is 1. The van der Waals surface area contributed by atoms with Crippen LogP contribution < -0.4 is 11.1 Å². The van der Waals surface area contributed by atoms with Gasteiger partial charge in [0.25, 0.3) is 0 Å². The van der Waals surface area contributed by atoms with Crippen molar-refractivity contribution in [3.63, 3.8) is 0 Å². The topological polar surface area (TPSA) is 67.6 Å². The number of nitrogens with one attached hydrogen (secondary N) is 1. The molecule has 0 radical (unpaired) electrons. The predicted octanol–water partition coefficient (Wildman–Crippen LogP) is 0.197. The van der Waals surface area contributed by atoms with Crippen LogP contribution in [0.3, 0.4) is 0 Å². The number of primary amides is 1. The zero-order chi connectivity index (χ0) is 13.3. The summed E-state index contributed by atoms with van der Waals surface area (Å²) in [5.41, 5.74) is 5.35. The number of hydrogen-bond acceptors (Lipinski definition) is 4. The summed E-state index contributed by atoms with van der Waals surface area (Å²) in [5.74, 6) is -0.305. The second-order valence-corrected chi connectivity index (χ2v) is 4.20. The van der Waals surface area contributed by atoms with Crippen molar-refractivity contribution < 1.29 is 9.53 Å². The van der Waals surface area contributed by atoms with E-state index < -0.39 is 0 Å². The summed E-state index contributed by atoms with van der Waals surface area (Å²) in [6.07, 6.45) is 2.13. The zero-order valence-corrected chi connectivity index (χ0v) is 11.5. The van der Waals surface area contributed by atoms with Crippen molar-refractivity contribution in [2.24, 2.45) is 5.73 Å². The lowest BCUT2D eigenvalue weighted by Crippen LogP contribution is -2.51. The van der Waals surface area contributed by atoms with Crippen LogP contribution in [-0.4, -0.2) is 56.7 Å². The number of hydrogen-bond donors (Lipinski definition) is 2. The van der Waals surface area contributed by atoms with Crippen LogP contribution in [-0.2, 0) is 9.53 Å². The number of rotatable bonds is 10. The number of amides is 1. The molecular formula is C12H27N3O2. The lowest BCUT2D eigenvalue weighted by molar-refractivity contribution is -0.120. The van der Waals surface area contributed by atoms with Crippen molar-refractivity contribution in [1.29, 1.82) is 0 Å². The molecule has 0 heterocycles. The third kappa shape index (κ3) is 6.00. The second kappa shape index (κ2) is 9.39. The quantitative estimate of drug-likeness (QED) is 0.577. The molecule has 17 heavy (non-hydrogen) atoms. The molecule has 0 bridgehead atoms. The van der Waals surface area contributed by atoms with Crippen LogP contribution in [0.5, 0.6) is 0 Å². The molecule has 0 saturated heterocycles. The fourth-order valence-corrected chi connectivity index (χ4v) is 1.99. The van der Waals surface area contributed by atoms with E-state index in [1.54, 1.807) is 14.2 Å². The highest BCUT2D eigenvalue weighted by atomic mass is 16.5. The lowest BCUT2D eigenvalue weighted by Gasteiger charge is -2.32. The normalized spacial score (nSPS) is 13.3. The van der Waals surface area contributed by atoms with Gasteiger partial charge in [0.05, 0.1) is 12.6 Å². The molecule has 0 aromatic carbocycles. The first-order chi connectivity index (χ1) is 8.10. The van der Waals surface area contributed by atoms with Crippen LogP contribution in [0, 0.1) is 0 Å². The van der Waals surface area contributed by atoms with E-state index in [4.69, 9.17) is 10.5 Å². The predicted molar refractivity (Wildman–Crippen MR) is 69.9 cm³/mol. The molecule has 0 spiro atoms. The maximum absolute atomic E-state index is 11.2. The molecule has 3 N–H and O–H groups in total. The maximum atomic E-state index is 11.2. The standard InChI is InChI=1S/C12H27N3O2/c1-5-10(6-2)15(7-8-17-4)9-11(14-3)12(13)16/h10-11,14H,5-9H2,1-4H3,(H2,13,16). The molecule has 0 aromatic rings. The van der Waals surface area contributed by atoms with Gasteiger partial charge >= 0.3 is 0 Å². The minimum absolute atomic E-state index is 0.299. The van der Waals surface area contributed by atoms with Crippen LogP contribution in [0.25, 0.3) is 0 Å². The largest absolute Gasteiger partial charge is 0.383 e. The van der Waals surface area contributed by atoms with Gasteiger partial charge in [0.2, 0.25) is 5.91 Å². The summed E-state index contributed by atoms with van der Waals surface area (Å²) in [4.78, 5) is 13.5. The number of ether oxygens (including phenoxy) is 1. The Morgan fingerprint density at radius 2 is 2.00 bits per heavy atom. The molecule has 0 aliphatic heterocycles. The fourth-order valence-electron chi connectivity index (χ4n) is 1.99. The van der Waals surface area contributed by atoms with E-state index in [1.165, 1.54) is 0 Å². The number of likely N-dealkylation sites (N-methyl/N-ethyl adjacent to an activating group) is 1. The van der Waals surface area contributed by atoms with Gasteiger partial charge in [0.1, 0.15) is 0 Å². The lowest BCUT2D eigenvalue weighted by atomic mass is 10.1. The molecule has 0 saturated carbocycles. The van der Waals surface area contributed by atoms with Gasteiger partial charge in [-0.25, -0.2) is 0 Å². The minimum Gasteiger partial charge on any atom is -0.383 e. The highest BCUT2D eigenvalue weighted by Crippen LogP contribution is 2.09. The molecular weight excluding hydrogens is 218 g/mol. The summed E-state index contributed by atoms with van der Waals surface area (Å²) in [6, 6.07) is 0.174. The fraction of sp³-hybridized carbons (Fsp3) is 0.917. The number of nitrogens with two attached hydrogens (primary N) is 1. The number of carbonyl (C=O) groups is 1. The van der Waals surface area contributed by atoms with E-state index in [2.05, 4.69) is 24.1 Å². The Hall–Kier alpha value is -0.650. The van der Waals surface area contributed by atoms with Crippen molar-refractivity contribution in [1.82, 2.24) is 10.2 Å². The maximum Gasteiger partial charge on any atom is 0.235 e. The van der Waals surface area contributed by atoms with E-state index in [-0.39, 0.29) is 11.9 Å². The van der Waals surface area contributed by atoms with Crippen LogP contribution in [0.2, 0.25) is 0 Å². The summed E-state index contributed by atoms with van der Waals surface area (Å²) in [6.45, 7) is 6.46. The first-order valence-corrected chi connectivity index (χ1v) is 6.30. The first-order valence-electron chi connectivity index (χ1n) is 6.30. The van der Waals surface area contributed by atoms with Crippen molar-refractivity contribution in [3.8, 4) is 0 Å². The highest BCUT2D eigenvalue weighted by molar-refractivity contribution is 5.80. The van der Waals surface area contributed by atoms with E-state index in [1.807, 2.05) is 0 Å². The Bertz CT molecular complexity index is 208. The monoisotopic (exact) mass is 245 g/mol. The van der Waals surface area contributed by atoms with Crippen LogP contribution in [0.1, 0.15) is 26.7 Å². The highest BCUT2D eigenvalue weighted by Gasteiger charge is 2.21. The first kappa shape index (κ1) is 16.4. The van der Waals surface area contributed by atoms with Gasteiger partial charge in [0.15, 0.2) is 0 Å². The van der Waals surface area contributed by atoms with Gasteiger partial charge in [-0.3, -0.25) is 9.69 Å². The molecule has 1 atom stereocenters. The average molecular weight is 245 g/mol. The SMILES string of the molecule is CCC(CC)N(CCOC)CC(NC)C(N)=O. The third-order valence-electron chi connectivity index (χ3n) is 3.15. The van der Waals surface area contributed by atoms with Crippen LogP contribution in [0.15, 0.2) is 0 Å². The van der Waals surface area contributed by atoms with E-state index in [9.17, 15) is 4.79 Å². The molecule has 0 fully saturated rings. The zero-order valence-electron chi connectivity index (χ0n) is 11.5. The molecule has 0 aliphatic rings. The minimum atomic E-state index is -0.305. The Labute approximate surface area is 105 Å². The molecule has 5 heteroatoms. The van der Waals surface area contributed by atoms with Gasteiger partial charge in [-0.1, -0.05) is 13.8 Å². The molecule has 102 valence electrons. The number of methoxy groups -OCH3 is 1. The Morgan fingerprint density at radius 3 is 2.35 bits per heavy atom. The van der Waals surface area contributed by atoms with Gasteiger partial charge in [-0.15, -0.1) is 0 Å². The summed E-state index contributed by atoms with van der Waals surface area (Å²) in [5, 5.41) is 2.95. The molecule has 0 aliphatic carbocycles. The third-order valence-corrected chi connectivity index (χ3v) is 3.15. The average Bonchev–Trinajstić information content (AvgIpc) is 2.32. The Kier molecular flexibility index (Phi) is 9.03. The molecule has 1 unspecified atom stereocenters. The Morgan fingerprint density at radius 1 is 1.41 bits per heavy atom. The molecule has 0 aromatic heterocycles. The molecule has 0 rings (SSSR count). The van der Waals surface area contributed by atoms with Crippen molar-refractivity contribution in [3.05, 3.63) is 0 Å². The van der Waals surface area contributed by atoms with Gasteiger partial charge in [-0.2, -0.15) is 0 Å². The second-order valence-electron chi connectivity index (χ2n) is 4.20. The molecule has 5 nitrogen and oxygen atoms in total. The van der Waals surface area contributed by atoms with E-state index in [0.29, 0.717) is 19.2 Å². The number of carbonyl (C=O) groups excluding carboxylic acids is 1. The van der Waals surface area contributed by atoms with Crippen LogP contribution in [0.4, 0.5) is 0 Å². The summed E-state index contributed by atoms with van der Waals surface area (Å²) < 4.78 is 5.11. The van der Waals surface area contributed by atoms with Gasteiger partial charge in [-0.05, 0) is 19.9 Å².